The highest BCUT2D eigenvalue weighted by atomic mass is 19.1. The van der Waals surface area contributed by atoms with Crippen molar-refractivity contribution < 1.29 is 9.50 Å². The fraction of sp³-hybridized carbons (Fsp3) is 0.600. The van der Waals surface area contributed by atoms with E-state index in [0.717, 1.165) is 36.8 Å². The molecule has 0 spiro atoms. The second kappa shape index (κ2) is 4.32. The fourth-order valence-corrected chi connectivity index (χ4v) is 3.70. The van der Waals surface area contributed by atoms with Crippen molar-refractivity contribution >= 4 is 0 Å². The van der Waals surface area contributed by atoms with Crippen LogP contribution < -0.4 is 5.32 Å². The van der Waals surface area contributed by atoms with E-state index in [9.17, 15) is 9.50 Å². The van der Waals surface area contributed by atoms with Gasteiger partial charge in [-0.15, -0.1) is 0 Å². The van der Waals surface area contributed by atoms with Crippen LogP contribution in [-0.4, -0.2) is 17.2 Å². The average Bonchev–Trinajstić information content (AvgIpc) is 2.27. The first kappa shape index (κ1) is 12.1. The van der Waals surface area contributed by atoms with Gasteiger partial charge in [-0.1, -0.05) is 12.5 Å². The van der Waals surface area contributed by atoms with Gasteiger partial charge in [0.1, 0.15) is 5.82 Å². The summed E-state index contributed by atoms with van der Waals surface area (Å²) in [6, 6.07) is 5.55. The Balaban J connectivity index is 1.94. The summed E-state index contributed by atoms with van der Waals surface area (Å²) in [5.41, 5.74) is 0.985. The van der Waals surface area contributed by atoms with Crippen LogP contribution in [0.5, 0.6) is 0 Å². The molecule has 1 aromatic rings. The van der Waals surface area contributed by atoms with Crippen LogP contribution in [0.15, 0.2) is 18.2 Å². The van der Waals surface area contributed by atoms with Crippen molar-refractivity contribution in [3.63, 3.8) is 0 Å². The Hall–Kier alpha value is -0.930. The number of benzene rings is 1. The van der Waals surface area contributed by atoms with Gasteiger partial charge in [-0.05, 0) is 55.9 Å². The molecule has 0 radical (unpaired) electrons. The van der Waals surface area contributed by atoms with E-state index in [1.54, 1.807) is 6.07 Å². The van der Waals surface area contributed by atoms with Crippen LogP contribution in [0.1, 0.15) is 43.2 Å². The molecule has 0 aliphatic carbocycles. The van der Waals surface area contributed by atoms with Crippen molar-refractivity contribution in [2.24, 2.45) is 0 Å². The molecule has 18 heavy (non-hydrogen) atoms. The van der Waals surface area contributed by atoms with Crippen LogP contribution in [0.2, 0.25) is 0 Å². The van der Waals surface area contributed by atoms with Crippen LogP contribution in [0.4, 0.5) is 4.39 Å². The van der Waals surface area contributed by atoms with E-state index < -0.39 is 5.60 Å². The molecule has 0 aromatic heterocycles. The molecule has 2 bridgehead atoms. The maximum Gasteiger partial charge on any atom is 0.123 e. The summed E-state index contributed by atoms with van der Waals surface area (Å²) in [6.45, 7) is 1.88. The zero-order chi connectivity index (χ0) is 12.8. The molecule has 2 nitrogen and oxygen atoms in total. The maximum absolute atomic E-state index is 13.2. The molecule has 2 aliphatic rings. The summed E-state index contributed by atoms with van der Waals surface area (Å²) in [5, 5.41) is 14.5. The van der Waals surface area contributed by atoms with E-state index in [-0.39, 0.29) is 5.82 Å². The van der Waals surface area contributed by atoms with Gasteiger partial charge >= 0.3 is 0 Å². The van der Waals surface area contributed by atoms with Crippen LogP contribution in [0.25, 0.3) is 0 Å². The maximum atomic E-state index is 13.2. The third-order valence-electron chi connectivity index (χ3n) is 4.43. The molecule has 2 fully saturated rings. The Morgan fingerprint density at radius 3 is 2.56 bits per heavy atom. The van der Waals surface area contributed by atoms with E-state index in [0.29, 0.717) is 12.1 Å². The number of hydrogen-bond acceptors (Lipinski definition) is 2. The number of halogens is 1. The van der Waals surface area contributed by atoms with Crippen LogP contribution in [0.3, 0.4) is 0 Å². The summed E-state index contributed by atoms with van der Waals surface area (Å²) < 4.78 is 13.2. The Morgan fingerprint density at radius 1 is 1.28 bits per heavy atom. The first-order valence-electron chi connectivity index (χ1n) is 6.82. The van der Waals surface area contributed by atoms with E-state index >= 15 is 0 Å². The molecule has 2 aliphatic heterocycles. The first-order valence-corrected chi connectivity index (χ1v) is 6.82. The van der Waals surface area contributed by atoms with E-state index in [4.69, 9.17) is 0 Å². The van der Waals surface area contributed by atoms with E-state index in [1.165, 1.54) is 18.6 Å². The lowest BCUT2D eigenvalue weighted by atomic mass is 9.73. The molecule has 0 saturated carbocycles. The van der Waals surface area contributed by atoms with Crippen molar-refractivity contribution in [3.8, 4) is 0 Å². The highest BCUT2D eigenvalue weighted by Crippen LogP contribution is 2.40. The van der Waals surface area contributed by atoms with Crippen molar-refractivity contribution in [1.82, 2.24) is 5.32 Å². The molecule has 3 heteroatoms. The standard InChI is InChI=1S/C15H20FNO/c1-10-7-11(16)5-6-14(10)15(18)8-12-3-2-4-13(9-15)17-12/h5-7,12-13,17-18H,2-4,8-9H2,1H3. The lowest BCUT2D eigenvalue weighted by molar-refractivity contribution is -0.0363. The smallest absolute Gasteiger partial charge is 0.123 e. The SMILES string of the molecule is Cc1cc(F)ccc1C1(O)CC2CCCC(C1)N2. The zero-order valence-corrected chi connectivity index (χ0v) is 10.7. The Kier molecular flexibility index (Phi) is 2.91. The number of piperidine rings is 2. The highest BCUT2D eigenvalue weighted by molar-refractivity contribution is 5.33. The lowest BCUT2D eigenvalue weighted by Gasteiger charge is -2.46. The predicted octanol–water partition coefficient (Wildman–Crippen LogP) is 2.63. The minimum atomic E-state index is -0.779. The molecule has 1 aromatic carbocycles. The molecule has 2 heterocycles. The number of rotatable bonds is 1. The monoisotopic (exact) mass is 249 g/mol. The first-order chi connectivity index (χ1) is 8.57. The normalized spacial score (nSPS) is 35.5. The average molecular weight is 249 g/mol. The summed E-state index contributed by atoms with van der Waals surface area (Å²) in [7, 11) is 0. The van der Waals surface area contributed by atoms with Crippen LogP contribution in [0, 0.1) is 12.7 Å². The van der Waals surface area contributed by atoms with Gasteiger partial charge in [0.15, 0.2) is 0 Å². The molecule has 98 valence electrons. The second-order valence-electron chi connectivity index (χ2n) is 5.89. The number of fused-ring (bicyclic) bond motifs is 2. The summed E-state index contributed by atoms with van der Waals surface area (Å²) >= 11 is 0. The predicted molar refractivity (Wildman–Crippen MR) is 68.8 cm³/mol. The Labute approximate surface area is 107 Å². The fourth-order valence-electron chi connectivity index (χ4n) is 3.70. The van der Waals surface area contributed by atoms with Gasteiger partial charge in [-0.3, -0.25) is 0 Å². The molecule has 2 unspecified atom stereocenters. The Bertz CT molecular complexity index is 448. The van der Waals surface area contributed by atoms with Gasteiger partial charge in [-0.25, -0.2) is 4.39 Å². The molecular weight excluding hydrogens is 229 g/mol. The van der Waals surface area contributed by atoms with E-state index in [2.05, 4.69) is 5.32 Å². The third-order valence-corrected chi connectivity index (χ3v) is 4.43. The number of aliphatic hydroxyl groups is 1. The molecule has 2 saturated heterocycles. The van der Waals surface area contributed by atoms with Crippen molar-refractivity contribution in [1.29, 1.82) is 0 Å². The Morgan fingerprint density at radius 2 is 1.94 bits per heavy atom. The quantitative estimate of drug-likeness (QED) is 0.802. The van der Waals surface area contributed by atoms with Gasteiger partial charge in [0.2, 0.25) is 0 Å². The van der Waals surface area contributed by atoms with E-state index in [1.807, 2.05) is 6.92 Å². The molecule has 2 N–H and O–H groups in total. The van der Waals surface area contributed by atoms with Crippen molar-refractivity contribution in [3.05, 3.63) is 35.1 Å². The molecule has 0 amide bonds. The zero-order valence-electron chi connectivity index (χ0n) is 10.7. The van der Waals surface area contributed by atoms with Crippen molar-refractivity contribution in [2.75, 3.05) is 0 Å². The lowest BCUT2D eigenvalue weighted by Crippen LogP contribution is -2.54. The minimum Gasteiger partial charge on any atom is -0.385 e. The van der Waals surface area contributed by atoms with Gasteiger partial charge < -0.3 is 10.4 Å². The minimum absolute atomic E-state index is 0.228. The molecular formula is C15H20FNO. The third kappa shape index (κ3) is 2.06. The summed E-state index contributed by atoms with van der Waals surface area (Å²) in [6.07, 6.45) is 5.02. The van der Waals surface area contributed by atoms with Gasteiger partial charge in [-0.2, -0.15) is 0 Å². The van der Waals surface area contributed by atoms with Gasteiger partial charge in [0, 0.05) is 12.1 Å². The van der Waals surface area contributed by atoms with Crippen LogP contribution in [-0.2, 0) is 5.60 Å². The molecule has 3 rings (SSSR count). The van der Waals surface area contributed by atoms with Crippen molar-refractivity contribution in [2.45, 2.75) is 56.7 Å². The topological polar surface area (TPSA) is 32.3 Å². The number of nitrogens with one attached hydrogen (secondary N) is 1. The second-order valence-corrected chi connectivity index (χ2v) is 5.89. The van der Waals surface area contributed by atoms with Gasteiger partial charge in [0.25, 0.3) is 0 Å². The largest absolute Gasteiger partial charge is 0.385 e. The van der Waals surface area contributed by atoms with Gasteiger partial charge in [0.05, 0.1) is 5.60 Å². The summed E-state index contributed by atoms with van der Waals surface area (Å²) in [5.74, 6) is -0.228. The molecule has 2 atom stereocenters. The summed E-state index contributed by atoms with van der Waals surface area (Å²) in [4.78, 5) is 0. The van der Waals surface area contributed by atoms with Crippen LogP contribution >= 0.6 is 0 Å². The highest BCUT2D eigenvalue weighted by Gasteiger charge is 2.42. The number of hydrogen-bond donors (Lipinski definition) is 2. The number of aryl methyl sites for hydroxylation is 1.